The Balaban J connectivity index is 1.44. The predicted octanol–water partition coefficient (Wildman–Crippen LogP) is 0.603. The molecular formula is C18H29N5O2. The average molecular weight is 347 g/mol. The van der Waals surface area contributed by atoms with Crippen molar-refractivity contribution in [1.29, 1.82) is 0 Å². The largest absolute Gasteiger partial charge is 0.383 e. The van der Waals surface area contributed by atoms with Crippen LogP contribution in [0.15, 0.2) is 18.3 Å². The number of carbonyl (C=O) groups excluding carboxylic acids is 1. The van der Waals surface area contributed by atoms with Crippen LogP contribution in [0.1, 0.15) is 17.4 Å². The van der Waals surface area contributed by atoms with E-state index in [1.54, 1.807) is 6.20 Å². The Morgan fingerprint density at radius 3 is 2.52 bits per heavy atom. The number of hydrogen-bond acceptors (Lipinski definition) is 6. The van der Waals surface area contributed by atoms with E-state index in [1.165, 1.54) is 0 Å². The van der Waals surface area contributed by atoms with Crippen LogP contribution in [-0.2, 0) is 4.74 Å². The Morgan fingerprint density at radius 2 is 1.88 bits per heavy atom. The molecule has 2 aliphatic heterocycles. The molecule has 1 aromatic rings. The van der Waals surface area contributed by atoms with Crippen molar-refractivity contribution in [2.45, 2.75) is 6.92 Å². The van der Waals surface area contributed by atoms with E-state index < -0.39 is 0 Å². The molecule has 2 aliphatic rings. The monoisotopic (exact) mass is 347 g/mol. The van der Waals surface area contributed by atoms with Crippen molar-refractivity contribution in [3.05, 3.63) is 24.0 Å². The van der Waals surface area contributed by atoms with Crippen LogP contribution in [0.4, 0.5) is 5.69 Å². The maximum Gasteiger partial charge on any atom is 0.272 e. The smallest absolute Gasteiger partial charge is 0.272 e. The summed E-state index contributed by atoms with van der Waals surface area (Å²) in [5, 5.41) is 3.37. The summed E-state index contributed by atoms with van der Waals surface area (Å²) in [6.45, 7) is 12.2. The maximum absolute atomic E-state index is 12.5. The summed E-state index contributed by atoms with van der Waals surface area (Å²) in [5.41, 5.74) is 1.49. The zero-order valence-corrected chi connectivity index (χ0v) is 15.1. The van der Waals surface area contributed by atoms with Crippen molar-refractivity contribution in [1.82, 2.24) is 19.7 Å². The summed E-state index contributed by atoms with van der Waals surface area (Å²) in [5.74, 6) is 0.0376. The second kappa shape index (κ2) is 9.12. The molecule has 0 aromatic carbocycles. The van der Waals surface area contributed by atoms with E-state index in [0.717, 1.165) is 77.8 Å². The molecular weight excluding hydrogens is 318 g/mol. The first-order valence-corrected chi connectivity index (χ1v) is 9.28. The molecule has 138 valence electrons. The van der Waals surface area contributed by atoms with Gasteiger partial charge in [0.15, 0.2) is 0 Å². The summed E-state index contributed by atoms with van der Waals surface area (Å²) >= 11 is 0. The van der Waals surface area contributed by atoms with E-state index >= 15 is 0 Å². The molecule has 1 N–H and O–H groups in total. The normalized spacial score (nSPS) is 19.8. The summed E-state index contributed by atoms with van der Waals surface area (Å²) in [6.07, 6.45) is 1.76. The minimum absolute atomic E-state index is 0.0376. The third kappa shape index (κ3) is 5.14. The van der Waals surface area contributed by atoms with E-state index in [1.807, 2.05) is 17.0 Å². The molecule has 0 spiro atoms. The van der Waals surface area contributed by atoms with Crippen LogP contribution in [0.3, 0.4) is 0 Å². The summed E-state index contributed by atoms with van der Waals surface area (Å²) < 4.78 is 5.35. The van der Waals surface area contributed by atoms with Gasteiger partial charge in [0.2, 0.25) is 0 Å². The van der Waals surface area contributed by atoms with Gasteiger partial charge in [0.25, 0.3) is 5.91 Å². The highest BCUT2D eigenvalue weighted by molar-refractivity contribution is 5.92. The Labute approximate surface area is 149 Å². The first-order valence-electron chi connectivity index (χ1n) is 9.28. The van der Waals surface area contributed by atoms with E-state index in [2.05, 4.69) is 27.0 Å². The molecule has 0 aliphatic carbocycles. The number of morpholine rings is 1. The second-order valence-corrected chi connectivity index (χ2v) is 6.54. The number of carbonyl (C=O) groups is 1. The van der Waals surface area contributed by atoms with Crippen LogP contribution >= 0.6 is 0 Å². The number of rotatable bonds is 6. The molecule has 2 fully saturated rings. The lowest BCUT2D eigenvalue weighted by atomic mass is 10.2. The lowest BCUT2D eigenvalue weighted by Crippen LogP contribution is -2.48. The molecule has 7 heteroatoms. The summed E-state index contributed by atoms with van der Waals surface area (Å²) in [6, 6.07) is 3.77. The first kappa shape index (κ1) is 18.1. The predicted molar refractivity (Wildman–Crippen MR) is 98.0 cm³/mol. The molecule has 2 saturated heterocycles. The van der Waals surface area contributed by atoms with Crippen molar-refractivity contribution >= 4 is 11.6 Å². The van der Waals surface area contributed by atoms with Crippen molar-refractivity contribution < 1.29 is 9.53 Å². The van der Waals surface area contributed by atoms with Crippen molar-refractivity contribution in [3.8, 4) is 0 Å². The standard InChI is InChI=1S/C18H29N5O2/c1-2-21-7-9-23(10-8-21)18(24)17-4-3-16(15-20-17)19-5-6-22-11-13-25-14-12-22/h3-4,15,19H,2,5-14H2,1H3. The molecule has 0 radical (unpaired) electrons. The van der Waals surface area contributed by atoms with Gasteiger partial charge in [-0.15, -0.1) is 0 Å². The van der Waals surface area contributed by atoms with Gasteiger partial charge in [-0.3, -0.25) is 9.69 Å². The van der Waals surface area contributed by atoms with Gasteiger partial charge < -0.3 is 19.9 Å². The number of ether oxygens (including phenoxy) is 1. The number of nitrogens with zero attached hydrogens (tertiary/aromatic N) is 4. The molecule has 0 bridgehead atoms. The zero-order chi connectivity index (χ0) is 17.5. The molecule has 0 atom stereocenters. The van der Waals surface area contributed by atoms with Crippen molar-refractivity contribution in [3.63, 3.8) is 0 Å². The number of likely N-dealkylation sites (N-methyl/N-ethyl adjacent to an activating group) is 1. The highest BCUT2D eigenvalue weighted by atomic mass is 16.5. The molecule has 0 unspecified atom stereocenters. The fourth-order valence-corrected chi connectivity index (χ4v) is 3.24. The number of pyridine rings is 1. The first-order chi connectivity index (χ1) is 12.3. The van der Waals surface area contributed by atoms with Gasteiger partial charge in [-0.1, -0.05) is 6.92 Å². The number of hydrogen-bond donors (Lipinski definition) is 1. The minimum atomic E-state index is 0.0376. The molecule has 0 saturated carbocycles. The molecule has 7 nitrogen and oxygen atoms in total. The lowest BCUT2D eigenvalue weighted by Gasteiger charge is -2.33. The number of nitrogens with one attached hydrogen (secondary N) is 1. The highest BCUT2D eigenvalue weighted by Crippen LogP contribution is 2.10. The number of amides is 1. The lowest BCUT2D eigenvalue weighted by molar-refractivity contribution is 0.0398. The number of anilines is 1. The van der Waals surface area contributed by atoms with Gasteiger partial charge in [0, 0.05) is 52.4 Å². The Kier molecular flexibility index (Phi) is 6.61. The maximum atomic E-state index is 12.5. The van der Waals surface area contributed by atoms with Crippen molar-refractivity contribution in [2.24, 2.45) is 0 Å². The summed E-state index contributed by atoms with van der Waals surface area (Å²) in [7, 11) is 0. The van der Waals surface area contributed by atoms with E-state index in [9.17, 15) is 4.79 Å². The van der Waals surface area contributed by atoms with Gasteiger partial charge in [-0.25, -0.2) is 4.98 Å². The minimum Gasteiger partial charge on any atom is -0.383 e. The van der Waals surface area contributed by atoms with Crippen molar-refractivity contribution in [2.75, 3.05) is 77.4 Å². The van der Waals surface area contributed by atoms with E-state index in [0.29, 0.717) is 5.69 Å². The SMILES string of the molecule is CCN1CCN(C(=O)c2ccc(NCCN3CCOCC3)cn2)CC1. The van der Waals surface area contributed by atoms with E-state index in [-0.39, 0.29) is 5.91 Å². The van der Waals surface area contributed by atoms with Gasteiger partial charge in [0.1, 0.15) is 5.69 Å². The fourth-order valence-electron chi connectivity index (χ4n) is 3.24. The topological polar surface area (TPSA) is 60.9 Å². The molecule has 25 heavy (non-hydrogen) atoms. The molecule has 3 rings (SSSR count). The van der Waals surface area contributed by atoms with Gasteiger partial charge >= 0.3 is 0 Å². The third-order valence-electron chi connectivity index (χ3n) is 4.95. The molecule has 1 aromatic heterocycles. The van der Waals surface area contributed by atoms with Gasteiger partial charge in [0.05, 0.1) is 25.1 Å². The van der Waals surface area contributed by atoms with Crippen LogP contribution in [0.2, 0.25) is 0 Å². The van der Waals surface area contributed by atoms with E-state index in [4.69, 9.17) is 4.74 Å². The average Bonchev–Trinajstić information content (AvgIpc) is 2.69. The highest BCUT2D eigenvalue weighted by Gasteiger charge is 2.22. The quantitative estimate of drug-likeness (QED) is 0.813. The molecule has 1 amide bonds. The van der Waals surface area contributed by atoms with Crippen LogP contribution in [0.25, 0.3) is 0 Å². The fraction of sp³-hybridized carbons (Fsp3) is 0.667. The third-order valence-corrected chi connectivity index (χ3v) is 4.95. The second-order valence-electron chi connectivity index (χ2n) is 6.54. The molecule has 3 heterocycles. The Hall–Kier alpha value is -1.70. The van der Waals surface area contributed by atoms with Gasteiger partial charge in [-0.2, -0.15) is 0 Å². The number of piperazine rings is 1. The Bertz CT molecular complexity index is 537. The van der Waals surface area contributed by atoms with Gasteiger partial charge in [-0.05, 0) is 18.7 Å². The summed E-state index contributed by atoms with van der Waals surface area (Å²) in [4.78, 5) is 23.5. The van der Waals surface area contributed by atoms with Crippen LogP contribution in [-0.4, -0.2) is 97.7 Å². The van der Waals surface area contributed by atoms with Crippen LogP contribution < -0.4 is 5.32 Å². The zero-order valence-electron chi connectivity index (χ0n) is 15.1. The number of aromatic nitrogens is 1. The van der Waals surface area contributed by atoms with Crippen LogP contribution in [0, 0.1) is 0 Å². The van der Waals surface area contributed by atoms with Crippen LogP contribution in [0.5, 0.6) is 0 Å². The Morgan fingerprint density at radius 1 is 1.12 bits per heavy atom.